The third kappa shape index (κ3) is 3.81. The summed E-state index contributed by atoms with van der Waals surface area (Å²) < 4.78 is 157. The van der Waals surface area contributed by atoms with E-state index < -0.39 is 54.7 Å². The van der Waals surface area contributed by atoms with Crippen LogP contribution in [0.25, 0.3) is 0 Å². The number of hydrogen-bond donors (Lipinski definition) is 1. The third-order valence-corrected chi connectivity index (χ3v) is 3.12. The van der Waals surface area contributed by atoms with Gasteiger partial charge in [-0.05, 0) is 14.0 Å². The smallest absolute Gasteiger partial charge is 0.384 e. The molecule has 156 valence electrons. The Labute approximate surface area is 137 Å². The molecular formula is C11H11F12NO2. The van der Waals surface area contributed by atoms with Crippen LogP contribution < -0.4 is 5.32 Å². The van der Waals surface area contributed by atoms with Gasteiger partial charge in [-0.1, -0.05) is 0 Å². The zero-order valence-corrected chi connectivity index (χ0v) is 12.7. The lowest BCUT2D eigenvalue weighted by atomic mass is 9.94. The number of carbonyl (C=O) groups is 1. The van der Waals surface area contributed by atoms with Gasteiger partial charge in [-0.3, -0.25) is 4.79 Å². The zero-order chi connectivity index (χ0) is 21.4. The first-order valence-corrected chi connectivity index (χ1v) is 6.32. The summed E-state index contributed by atoms with van der Waals surface area (Å²) in [7, 11) is 1.07. The lowest BCUT2D eigenvalue weighted by Gasteiger charge is -2.38. The largest absolute Gasteiger partial charge is 0.458 e. The number of ether oxygens (including phenoxy) is 1. The second kappa shape index (κ2) is 7.31. The zero-order valence-electron chi connectivity index (χ0n) is 12.7. The Balaban J connectivity index is 5.77. The predicted octanol–water partition coefficient (Wildman–Crippen LogP) is 3.58. The van der Waals surface area contributed by atoms with E-state index in [0.29, 0.717) is 0 Å². The molecular weight excluding hydrogens is 406 g/mol. The molecule has 26 heavy (non-hydrogen) atoms. The van der Waals surface area contributed by atoms with Gasteiger partial charge in [0.1, 0.15) is 6.04 Å². The van der Waals surface area contributed by atoms with Crippen LogP contribution in [0.4, 0.5) is 52.7 Å². The Morgan fingerprint density at radius 1 is 0.885 bits per heavy atom. The summed E-state index contributed by atoms with van der Waals surface area (Å²) in [5.41, 5.74) is 0. The van der Waals surface area contributed by atoms with Gasteiger partial charge in [-0.15, -0.1) is 0 Å². The molecule has 0 aromatic rings. The minimum absolute atomic E-state index is 0.949. The number of likely N-dealkylation sites (N-methyl/N-ethyl adjacent to an activating group) is 1. The predicted molar refractivity (Wildman–Crippen MR) is 60.2 cm³/mol. The fraction of sp³-hybridized carbons (Fsp3) is 0.909. The number of rotatable bonds is 9. The first-order valence-electron chi connectivity index (χ1n) is 6.32. The van der Waals surface area contributed by atoms with Gasteiger partial charge in [-0.2, -0.15) is 43.9 Å². The Bertz CT molecular complexity index is 507. The average molecular weight is 417 g/mol. The number of carbonyl (C=O) groups excluding carboxylic acids is 1. The molecule has 0 saturated heterocycles. The highest BCUT2D eigenvalue weighted by Gasteiger charge is 2.87. The van der Waals surface area contributed by atoms with Crippen LogP contribution >= 0.6 is 0 Å². The summed E-state index contributed by atoms with van der Waals surface area (Å²) in [5.74, 6) is -37.6. The highest BCUT2D eigenvalue weighted by atomic mass is 19.4. The van der Waals surface area contributed by atoms with E-state index in [4.69, 9.17) is 0 Å². The van der Waals surface area contributed by atoms with E-state index in [0.717, 1.165) is 14.0 Å². The van der Waals surface area contributed by atoms with Gasteiger partial charge in [0.25, 0.3) is 0 Å². The molecule has 0 aliphatic heterocycles. The van der Waals surface area contributed by atoms with Gasteiger partial charge in [0, 0.05) is 0 Å². The van der Waals surface area contributed by atoms with Gasteiger partial charge in [-0.25, -0.2) is 8.78 Å². The average Bonchev–Trinajstić information content (AvgIpc) is 2.50. The van der Waals surface area contributed by atoms with Gasteiger partial charge in [0.2, 0.25) is 0 Å². The number of halogens is 12. The van der Waals surface area contributed by atoms with E-state index in [1.54, 1.807) is 0 Å². The molecule has 15 heteroatoms. The molecule has 0 aromatic carbocycles. The van der Waals surface area contributed by atoms with Crippen LogP contribution in [0.3, 0.4) is 0 Å². The quantitative estimate of drug-likeness (QED) is 0.461. The minimum Gasteiger partial charge on any atom is -0.458 e. The van der Waals surface area contributed by atoms with Crippen molar-refractivity contribution in [1.29, 1.82) is 0 Å². The molecule has 3 nitrogen and oxygen atoms in total. The molecule has 0 amide bonds. The topological polar surface area (TPSA) is 38.3 Å². The summed E-state index contributed by atoms with van der Waals surface area (Å²) in [6, 6.07) is -1.41. The summed E-state index contributed by atoms with van der Waals surface area (Å²) in [5, 5.41) is 2.07. The molecule has 0 saturated carbocycles. The molecule has 0 aromatic heterocycles. The van der Waals surface area contributed by atoms with Crippen molar-refractivity contribution in [2.24, 2.45) is 0 Å². The van der Waals surface area contributed by atoms with Crippen LogP contribution in [-0.4, -0.2) is 61.7 Å². The van der Waals surface area contributed by atoms with E-state index in [1.165, 1.54) is 0 Å². The van der Waals surface area contributed by atoms with Gasteiger partial charge in [0.15, 0.2) is 6.61 Å². The van der Waals surface area contributed by atoms with Gasteiger partial charge >= 0.3 is 42.0 Å². The lowest BCUT2D eigenvalue weighted by Crippen LogP contribution is -2.69. The molecule has 0 fully saturated rings. The molecule has 0 radical (unpaired) electrons. The molecule has 0 bridgehead atoms. The highest BCUT2D eigenvalue weighted by Crippen LogP contribution is 2.58. The molecule has 1 N–H and O–H groups in total. The van der Waals surface area contributed by atoms with Crippen molar-refractivity contribution < 1.29 is 62.2 Å². The number of esters is 1. The van der Waals surface area contributed by atoms with Crippen molar-refractivity contribution in [3.05, 3.63) is 0 Å². The second-order valence-electron chi connectivity index (χ2n) is 4.97. The van der Waals surface area contributed by atoms with Crippen LogP contribution in [0.15, 0.2) is 0 Å². The SMILES string of the molecule is CNC(C)C(=O)OCC(F)(F)C(F)(F)C(F)(F)C(F)(F)C(F)(F)C(F)F. The van der Waals surface area contributed by atoms with E-state index in [2.05, 4.69) is 10.1 Å². The Hall–Kier alpha value is -1.41. The summed E-state index contributed by atoms with van der Waals surface area (Å²) in [6.45, 7) is -1.96. The van der Waals surface area contributed by atoms with Crippen LogP contribution in [0.1, 0.15) is 6.92 Å². The maximum Gasteiger partial charge on any atom is 0.384 e. The third-order valence-electron chi connectivity index (χ3n) is 3.12. The normalized spacial score (nSPS) is 16.0. The van der Waals surface area contributed by atoms with Gasteiger partial charge < -0.3 is 10.1 Å². The molecule has 0 aliphatic carbocycles. The maximum atomic E-state index is 13.3. The fourth-order valence-corrected chi connectivity index (χ4v) is 1.27. The van der Waals surface area contributed by atoms with Crippen molar-refractivity contribution in [2.75, 3.05) is 13.7 Å². The standard InChI is InChI=1S/C11H11F12NO2/c1-4(24-2)5(25)26-3-7(14,15)9(18,19)11(22,23)10(20,21)8(16,17)6(12)13/h4,6,24H,3H2,1-2H3. The maximum absolute atomic E-state index is 13.3. The summed E-state index contributed by atoms with van der Waals surface area (Å²) in [4.78, 5) is 11.0. The monoisotopic (exact) mass is 417 g/mol. The Kier molecular flexibility index (Phi) is 6.91. The first-order chi connectivity index (χ1) is 11.3. The summed E-state index contributed by atoms with van der Waals surface area (Å²) >= 11 is 0. The highest BCUT2D eigenvalue weighted by molar-refractivity contribution is 5.75. The van der Waals surface area contributed by atoms with Crippen LogP contribution in [0.5, 0.6) is 0 Å². The van der Waals surface area contributed by atoms with Crippen molar-refractivity contribution in [3.63, 3.8) is 0 Å². The molecule has 0 heterocycles. The molecule has 1 unspecified atom stereocenters. The van der Waals surface area contributed by atoms with Crippen molar-refractivity contribution in [1.82, 2.24) is 5.32 Å². The number of hydrogen-bond acceptors (Lipinski definition) is 3. The van der Waals surface area contributed by atoms with Crippen LogP contribution in [0, 0.1) is 0 Å². The summed E-state index contributed by atoms with van der Waals surface area (Å²) in [6.07, 6.45) is -5.57. The van der Waals surface area contributed by atoms with E-state index in [9.17, 15) is 57.5 Å². The Morgan fingerprint density at radius 3 is 1.65 bits per heavy atom. The molecule has 0 aliphatic rings. The van der Waals surface area contributed by atoms with Crippen molar-refractivity contribution >= 4 is 5.97 Å². The van der Waals surface area contributed by atoms with E-state index >= 15 is 0 Å². The lowest BCUT2D eigenvalue weighted by molar-refractivity contribution is -0.414. The van der Waals surface area contributed by atoms with E-state index in [-0.39, 0.29) is 0 Å². The minimum atomic E-state index is -7.63. The van der Waals surface area contributed by atoms with Crippen molar-refractivity contribution in [3.8, 4) is 0 Å². The van der Waals surface area contributed by atoms with Gasteiger partial charge in [0.05, 0.1) is 0 Å². The number of nitrogens with one attached hydrogen (secondary N) is 1. The fourth-order valence-electron chi connectivity index (χ4n) is 1.27. The molecule has 1 atom stereocenters. The molecule has 0 spiro atoms. The first kappa shape index (κ1) is 24.6. The molecule has 0 rings (SSSR count). The second-order valence-corrected chi connectivity index (χ2v) is 4.97. The Morgan fingerprint density at radius 2 is 1.31 bits per heavy atom. The van der Waals surface area contributed by atoms with E-state index in [1.807, 2.05) is 0 Å². The number of alkyl halides is 12. The van der Waals surface area contributed by atoms with Crippen LogP contribution in [-0.2, 0) is 9.53 Å². The van der Waals surface area contributed by atoms with Crippen LogP contribution in [0.2, 0.25) is 0 Å². The van der Waals surface area contributed by atoms with Crippen molar-refractivity contribution in [2.45, 2.75) is 49.0 Å².